The van der Waals surface area contributed by atoms with Gasteiger partial charge in [0.2, 0.25) is 0 Å². The van der Waals surface area contributed by atoms with Crippen LogP contribution in [0.25, 0.3) is 0 Å². The molecular formula is C16H15ClN2O. The molecule has 1 aliphatic heterocycles. The van der Waals surface area contributed by atoms with Crippen molar-refractivity contribution in [3.63, 3.8) is 0 Å². The fraction of sp³-hybridized carbons (Fsp3) is 0.250. The van der Waals surface area contributed by atoms with E-state index in [1.807, 2.05) is 11.0 Å². The minimum absolute atomic E-state index is 0.0194. The Balaban J connectivity index is 1.86. The third kappa shape index (κ3) is 2.68. The Morgan fingerprint density at radius 1 is 1.20 bits per heavy atom. The number of carbonyl (C=O) groups excluding carboxylic acids is 1. The predicted octanol–water partition coefficient (Wildman–Crippen LogP) is 3.32. The van der Waals surface area contributed by atoms with E-state index in [9.17, 15) is 4.79 Å². The minimum Gasteiger partial charge on any atom is -0.334 e. The molecule has 0 aliphatic carbocycles. The van der Waals surface area contributed by atoms with Crippen LogP contribution in [0.3, 0.4) is 0 Å². The largest absolute Gasteiger partial charge is 0.334 e. The van der Waals surface area contributed by atoms with E-state index < -0.39 is 0 Å². The molecule has 102 valence electrons. The highest BCUT2D eigenvalue weighted by Gasteiger charge is 2.20. The second kappa shape index (κ2) is 5.63. The highest BCUT2D eigenvalue weighted by Crippen LogP contribution is 2.20. The summed E-state index contributed by atoms with van der Waals surface area (Å²) >= 11 is 5.86. The molecule has 0 N–H and O–H groups in total. The van der Waals surface area contributed by atoms with Gasteiger partial charge in [-0.15, -0.1) is 0 Å². The van der Waals surface area contributed by atoms with Crippen molar-refractivity contribution in [3.8, 4) is 0 Å². The molecule has 1 amide bonds. The van der Waals surface area contributed by atoms with Crippen molar-refractivity contribution in [2.75, 3.05) is 6.54 Å². The molecule has 1 aromatic carbocycles. The molecule has 4 heteroatoms. The van der Waals surface area contributed by atoms with Gasteiger partial charge in [-0.1, -0.05) is 35.9 Å². The van der Waals surface area contributed by atoms with Crippen LogP contribution in [0.15, 0.2) is 42.6 Å². The van der Waals surface area contributed by atoms with Crippen molar-refractivity contribution < 1.29 is 4.79 Å². The first-order valence-corrected chi connectivity index (χ1v) is 7.09. The van der Waals surface area contributed by atoms with E-state index in [0.717, 1.165) is 19.4 Å². The van der Waals surface area contributed by atoms with Gasteiger partial charge < -0.3 is 4.90 Å². The lowest BCUT2D eigenvalue weighted by molar-refractivity contribution is 0.0746. The van der Waals surface area contributed by atoms with Gasteiger partial charge in [-0.3, -0.25) is 4.79 Å². The number of amides is 1. The van der Waals surface area contributed by atoms with Crippen molar-refractivity contribution in [1.29, 1.82) is 0 Å². The van der Waals surface area contributed by atoms with Crippen LogP contribution in [0.5, 0.6) is 0 Å². The number of rotatable bonds is 1. The highest BCUT2D eigenvalue weighted by atomic mass is 35.5. The van der Waals surface area contributed by atoms with Gasteiger partial charge in [0.15, 0.2) is 0 Å². The molecule has 1 aliphatic rings. The molecule has 2 heterocycles. The molecule has 2 aromatic rings. The molecular weight excluding hydrogens is 272 g/mol. The molecule has 0 saturated carbocycles. The smallest absolute Gasteiger partial charge is 0.254 e. The Bertz CT molecular complexity index is 642. The zero-order valence-corrected chi connectivity index (χ0v) is 11.8. The number of pyridine rings is 1. The molecule has 0 spiro atoms. The second-order valence-corrected chi connectivity index (χ2v) is 5.35. The number of halogens is 1. The van der Waals surface area contributed by atoms with Gasteiger partial charge in [0.1, 0.15) is 5.15 Å². The molecule has 0 bridgehead atoms. The van der Waals surface area contributed by atoms with Crippen LogP contribution < -0.4 is 0 Å². The normalized spacial score (nSPS) is 14.6. The Hall–Kier alpha value is -1.87. The number of hydrogen-bond acceptors (Lipinski definition) is 2. The zero-order valence-electron chi connectivity index (χ0n) is 11.1. The Morgan fingerprint density at radius 3 is 2.80 bits per heavy atom. The maximum absolute atomic E-state index is 12.6. The average Bonchev–Trinajstić information content (AvgIpc) is 2.68. The van der Waals surface area contributed by atoms with Crippen LogP contribution in [0.1, 0.15) is 27.9 Å². The molecule has 0 atom stereocenters. The van der Waals surface area contributed by atoms with E-state index >= 15 is 0 Å². The van der Waals surface area contributed by atoms with Crippen molar-refractivity contribution in [1.82, 2.24) is 9.88 Å². The van der Waals surface area contributed by atoms with E-state index in [4.69, 9.17) is 11.6 Å². The minimum atomic E-state index is 0.0194. The standard InChI is InChI=1S/C16H15ClN2O/c17-15-10-13(7-8-18-15)16(20)19-9-3-6-12-4-1-2-5-14(12)11-19/h1-2,4-5,7-8,10H,3,6,9,11H2. The van der Waals surface area contributed by atoms with Crippen LogP contribution >= 0.6 is 11.6 Å². The van der Waals surface area contributed by atoms with Gasteiger partial charge in [-0.2, -0.15) is 0 Å². The Kier molecular flexibility index (Phi) is 3.70. The number of nitrogens with zero attached hydrogens (tertiary/aromatic N) is 2. The number of aryl methyl sites for hydroxylation is 1. The third-order valence-corrected chi connectivity index (χ3v) is 3.82. The second-order valence-electron chi connectivity index (χ2n) is 4.97. The fourth-order valence-corrected chi connectivity index (χ4v) is 2.77. The Labute approximate surface area is 123 Å². The summed E-state index contributed by atoms with van der Waals surface area (Å²) < 4.78 is 0. The number of aromatic nitrogens is 1. The maximum atomic E-state index is 12.6. The van der Waals surface area contributed by atoms with E-state index in [2.05, 4.69) is 23.2 Å². The van der Waals surface area contributed by atoms with Gasteiger partial charge >= 0.3 is 0 Å². The van der Waals surface area contributed by atoms with E-state index in [-0.39, 0.29) is 5.91 Å². The van der Waals surface area contributed by atoms with Crippen molar-refractivity contribution in [2.45, 2.75) is 19.4 Å². The summed E-state index contributed by atoms with van der Waals surface area (Å²) in [6, 6.07) is 11.7. The first-order chi connectivity index (χ1) is 9.74. The first kappa shape index (κ1) is 13.1. The van der Waals surface area contributed by atoms with Crippen molar-refractivity contribution in [3.05, 3.63) is 64.4 Å². The molecule has 1 aromatic heterocycles. The lowest BCUT2D eigenvalue weighted by Crippen LogP contribution is -2.30. The summed E-state index contributed by atoms with van der Waals surface area (Å²) in [6.45, 7) is 1.43. The number of benzene rings is 1. The topological polar surface area (TPSA) is 33.2 Å². The summed E-state index contributed by atoms with van der Waals surface area (Å²) in [6.07, 6.45) is 3.58. The SMILES string of the molecule is O=C(c1ccnc(Cl)c1)N1CCCc2ccccc2C1. The summed E-state index contributed by atoms with van der Waals surface area (Å²) in [4.78, 5) is 18.4. The highest BCUT2D eigenvalue weighted by molar-refractivity contribution is 6.29. The first-order valence-electron chi connectivity index (χ1n) is 6.71. The number of carbonyl (C=O) groups is 1. The Morgan fingerprint density at radius 2 is 2.00 bits per heavy atom. The fourth-order valence-electron chi connectivity index (χ4n) is 2.59. The third-order valence-electron chi connectivity index (χ3n) is 3.61. The van der Waals surface area contributed by atoms with Crippen molar-refractivity contribution in [2.24, 2.45) is 0 Å². The molecule has 0 fully saturated rings. The van der Waals surface area contributed by atoms with Gasteiger partial charge in [0.05, 0.1) is 0 Å². The molecule has 20 heavy (non-hydrogen) atoms. The quantitative estimate of drug-likeness (QED) is 0.754. The van der Waals surface area contributed by atoms with Crippen LogP contribution in [0.4, 0.5) is 0 Å². The molecule has 0 unspecified atom stereocenters. The molecule has 0 saturated heterocycles. The van der Waals surface area contributed by atoms with Crippen LogP contribution in [0, 0.1) is 0 Å². The summed E-state index contributed by atoms with van der Waals surface area (Å²) in [7, 11) is 0. The van der Waals surface area contributed by atoms with E-state index in [1.54, 1.807) is 18.3 Å². The average molecular weight is 287 g/mol. The predicted molar refractivity (Wildman–Crippen MR) is 78.8 cm³/mol. The maximum Gasteiger partial charge on any atom is 0.254 e. The summed E-state index contributed by atoms with van der Waals surface area (Å²) in [5.74, 6) is 0.0194. The van der Waals surface area contributed by atoms with Gasteiger partial charge in [-0.05, 0) is 36.1 Å². The van der Waals surface area contributed by atoms with E-state index in [0.29, 0.717) is 17.3 Å². The lowest BCUT2D eigenvalue weighted by atomic mass is 10.0. The van der Waals surface area contributed by atoms with Crippen LogP contribution in [-0.4, -0.2) is 22.3 Å². The molecule has 0 radical (unpaired) electrons. The summed E-state index contributed by atoms with van der Waals surface area (Å²) in [5.41, 5.74) is 3.18. The van der Waals surface area contributed by atoms with Gasteiger partial charge in [0.25, 0.3) is 5.91 Å². The van der Waals surface area contributed by atoms with Crippen molar-refractivity contribution >= 4 is 17.5 Å². The molecule has 3 nitrogen and oxygen atoms in total. The van der Waals surface area contributed by atoms with Gasteiger partial charge in [0, 0.05) is 24.8 Å². The number of fused-ring (bicyclic) bond motifs is 1. The monoisotopic (exact) mass is 286 g/mol. The molecule has 3 rings (SSSR count). The lowest BCUT2D eigenvalue weighted by Gasteiger charge is -2.21. The zero-order chi connectivity index (χ0) is 13.9. The van der Waals surface area contributed by atoms with Gasteiger partial charge in [-0.25, -0.2) is 4.98 Å². The summed E-state index contributed by atoms with van der Waals surface area (Å²) in [5, 5.41) is 0.353. The van der Waals surface area contributed by atoms with Crippen LogP contribution in [-0.2, 0) is 13.0 Å². The van der Waals surface area contributed by atoms with E-state index in [1.165, 1.54) is 11.1 Å². The van der Waals surface area contributed by atoms with Crippen LogP contribution in [0.2, 0.25) is 5.15 Å². The number of hydrogen-bond donors (Lipinski definition) is 0.